The van der Waals surface area contributed by atoms with E-state index in [0.29, 0.717) is 5.56 Å². The van der Waals surface area contributed by atoms with Gasteiger partial charge >= 0.3 is 0 Å². The van der Waals surface area contributed by atoms with E-state index in [9.17, 15) is 9.90 Å². The maximum absolute atomic E-state index is 12.7. The second-order valence-corrected chi connectivity index (χ2v) is 7.94. The topological polar surface area (TPSA) is 61.4 Å². The van der Waals surface area contributed by atoms with Gasteiger partial charge in [0.15, 0.2) is 0 Å². The lowest BCUT2D eigenvalue weighted by Gasteiger charge is -2.27. The summed E-state index contributed by atoms with van der Waals surface area (Å²) in [5.41, 5.74) is 3.83. The molecule has 0 radical (unpaired) electrons. The molecule has 3 N–H and O–H groups in total. The van der Waals surface area contributed by atoms with Gasteiger partial charge in [0.25, 0.3) is 5.91 Å². The first-order chi connectivity index (χ1) is 11.6. The third kappa shape index (κ3) is 2.47. The molecular formula is C19H22N2O2S. The summed E-state index contributed by atoms with van der Waals surface area (Å²) in [6.45, 7) is 4.22. The van der Waals surface area contributed by atoms with E-state index in [1.54, 1.807) is 17.4 Å². The fourth-order valence-corrected chi connectivity index (χ4v) is 5.16. The van der Waals surface area contributed by atoms with Crippen molar-refractivity contribution < 1.29 is 9.90 Å². The van der Waals surface area contributed by atoms with Gasteiger partial charge in [0, 0.05) is 10.4 Å². The Morgan fingerprint density at radius 1 is 1.33 bits per heavy atom. The molecule has 0 fully saturated rings. The van der Waals surface area contributed by atoms with Gasteiger partial charge in [0.05, 0.1) is 5.56 Å². The van der Waals surface area contributed by atoms with Gasteiger partial charge in [-0.25, -0.2) is 0 Å². The van der Waals surface area contributed by atoms with Crippen LogP contribution in [0, 0.1) is 12.8 Å². The molecule has 1 aliphatic carbocycles. The number of carbonyl (C=O) groups is 1. The number of thiophene rings is 1. The normalized spacial score (nSPS) is 22.3. The van der Waals surface area contributed by atoms with Crippen molar-refractivity contribution in [2.45, 2.75) is 45.7 Å². The van der Waals surface area contributed by atoms with Gasteiger partial charge in [-0.05, 0) is 49.8 Å². The van der Waals surface area contributed by atoms with Crippen molar-refractivity contribution in [3.05, 3.63) is 45.3 Å². The van der Waals surface area contributed by atoms with Crippen LogP contribution in [0.25, 0.3) is 0 Å². The lowest BCUT2D eigenvalue weighted by molar-refractivity contribution is 0.0935. The van der Waals surface area contributed by atoms with Crippen LogP contribution in [0.5, 0.6) is 5.75 Å². The van der Waals surface area contributed by atoms with Gasteiger partial charge in [0.2, 0.25) is 0 Å². The third-order valence-electron chi connectivity index (χ3n) is 5.22. The Bertz CT molecular complexity index is 812. The number of benzene rings is 1. The third-order valence-corrected chi connectivity index (χ3v) is 6.40. The zero-order valence-corrected chi connectivity index (χ0v) is 14.8. The van der Waals surface area contributed by atoms with Crippen molar-refractivity contribution >= 4 is 22.2 Å². The SMILES string of the molecule is CC[C@H]1CCc2c(sc3c2C(=O)N[C@H](c2cc(C)ccc2O)N3)C1. The number of nitrogens with one attached hydrogen (secondary N) is 2. The minimum absolute atomic E-state index is 0.0258. The summed E-state index contributed by atoms with van der Waals surface area (Å²) in [6, 6.07) is 5.46. The molecule has 0 spiro atoms. The van der Waals surface area contributed by atoms with Gasteiger partial charge in [-0.1, -0.05) is 25.0 Å². The molecule has 0 bridgehead atoms. The van der Waals surface area contributed by atoms with E-state index >= 15 is 0 Å². The van der Waals surface area contributed by atoms with Crippen LogP contribution in [0.2, 0.25) is 0 Å². The highest BCUT2D eigenvalue weighted by atomic mass is 32.1. The lowest BCUT2D eigenvalue weighted by Crippen LogP contribution is -2.38. The summed E-state index contributed by atoms with van der Waals surface area (Å²) in [5.74, 6) is 0.911. The lowest BCUT2D eigenvalue weighted by atomic mass is 9.85. The molecule has 1 amide bonds. The first kappa shape index (κ1) is 15.5. The number of aromatic hydroxyl groups is 1. The van der Waals surface area contributed by atoms with E-state index in [2.05, 4.69) is 17.6 Å². The molecule has 1 aromatic heterocycles. The minimum atomic E-state index is -0.382. The van der Waals surface area contributed by atoms with Crippen molar-refractivity contribution in [2.75, 3.05) is 5.32 Å². The molecule has 2 atom stereocenters. The van der Waals surface area contributed by atoms with Crippen LogP contribution in [0.15, 0.2) is 18.2 Å². The molecule has 2 heterocycles. The molecule has 24 heavy (non-hydrogen) atoms. The Morgan fingerprint density at radius 2 is 2.17 bits per heavy atom. The molecule has 4 rings (SSSR count). The van der Waals surface area contributed by atoms with Crippen LogP contribution in [-0.2, 0) is 12.8 Å². The highest BCUT2D eigenvalue weighted by molar-refractivity contribution is 7.16. The number of rotatable bonds is 2. The monoisotopic (exact) mass is 342 g/mol. The molecule has 5 heteroatoms. The first-order valence-corrected chi connectivity index (χ1v) is 9.40. The number of amides is 1. The largest absolute Gasteiger partial charge is 0.508 e. The molecule has 126 valence electrons. The van der Waals surface area contributed by atoms with Crippen molar-refractivity contribution in [3.8, 4) is 5.75 Å². The number of aryl methyl sites for hydroxylation is 1. The Labute approximate surface area is 145 Å². The van der Waals surface area contributed by atoms with Crippen molar-refractivity contribution in [1.82, 2.24) is 5.32 Å². The van der Waals surface area contributed by atoms with Gasteiger partial charge in [-0.3, -0.25) is 4.79 Å². The molecular weight excluding hydrogens is 320 g/mol. The van der Waals surface area contributed by atoms with Crippen molar-refractivity contribution in [1.29, 1.82) is 0 Å². The number of hydrogen-bond acceptors (Lipinski definition) is 4. The molecule has 1 aliphatic heterocycles. The van der Waals surface area contributed by atoms with Crippen LogP contribution in [-0.4, -0.2) is 11.0 Å². The highest BCUT2D eigenvalue weighted by Gasteiger charge is 2.34. The minimum Gasteiger partial charge on any atom is -0.508 e. The first-order valence-electron chi connectivity index (χ1n) is 8.58. The number of fused-ring (bicyclic) bond motifs is 3. The maximum Gasteiger partial charge on any atom is 0.256 e. The summed E-state index contributed by atoms with van der Waals surface area (Å²) in [7, 11) is 0. The van der Waals surface area contributed by atoms with E-state index < -0.39 is 0 Å². The van der Waals surface area contributed by atoms with Crippen molar-refractivity contribution in [2.24, 2.45) is 5.92 Å². The van der Waals surface area contributed by atoms with Gasteiger partial charge < -0.3 is 15.7 Å². The summed E-state index contributed by atoms with van der Waals surface area (Å²) in [5, 5.41) is 17.6. The molecule has 4 nitrogen and oxygen atoms in total. The highest BCUT2D eigenvalue weighted by Crippen LogP contribution is 2.43. The molecule has 0 saturated carbocycles. The smallest absolute Gasteiger partial charge is 0.256 e. The number of hydrogen-bond donors (Lipinski definition) is 3. The predicted octanol–water partition coefficient (Wildman–Crippen LogP) is 4.13. The van der Waals surface area contributed by atoms with Crippen LogP contribution < -0.4 is 10.6 Å². The van der Waals surface area contributed by atoms with Crippen LogP contribution in [0.3, 0.4) is 0 Å². The maximum atomic E-state index is 12.7. The van der Waals surface area contributed by atoms with Crippen molar-refractivity contribution in [3.63, 3.8) is 0 Å². The van der Waals surface area contributed by atoms with Crippen LogP contribution >= 0.6 is 11.3 Å². The molecule has 0 unspecified atom stereocenters. The van der Waals surface area contributed by atoms with Gasteiger partial charge in [-0.2, -0.15) is 0 Å². The molecule has 1 aromatic carbocycles. The summed E-state index contributed by atoms with van der Waals surface area (Å²) < 4.78 is 0. The van der Waals surface area contributed by atoms with Crippen LogP contribution in [0.4, 0.5) is 5.00 Å². The summed E-state index contributed by atoms with van der Waals surface area (Å²) >= 11 is 1.72. The molecule has 2 aliphatic rings. The fourth-order valence-electron chi connectivity index (χ4n) is 3.78. The van der Waals surface area contributed by atoms with E-state index in [1.807, 2.05) is 19.1 Å². The molecule has 0 saturated heterocycles. The number of phenolic OH excluding ortho intramolecular Hbond substituents is 1. The Hall–Kier alpha value is -2.01. The number of carbonyl (C=O) groups excluding carboxylic acids is 1. The van der Waals surface area contributed by atoms with Gasteiger partial charge in [0.1, 0.15) is 16.9 Å². The van der Waals surface area contributed by atoms with Crippen LogP contribution in [0.1, 0.15) is 57.9 Å². The summed E-state index contributed by atoms with van der Waals surface area (Å²) in [6.07, 6.45) is 4.06. The average Bonchev–Trinajstić information content (AvgIpc) is 2.94. The van der Waals surface area contributed by atoms with E-state index in [-0.39, 0.29) is 17.8 Å². The van der Waals surface area contributed by atoms with E-state index in [4.69, 9.17) is 0 Å². The predicted molar refractivity (Wildman–Crippen MR) is 96.8 cm³/mol. The standard InChI is InChI=1S/C19H22N2O2S/c1-3-11-5-6-12-15(9-11)24-19-16(12)18(23)20-17(21-19)13-8-10(2)4-7-14(13)22/h4,7-8,11,17,21-22H,3,5-6,9H2,1-2H3,(H,20,23)/t11-,17-/m0/s1. The van der Waals surface area contributed by atoms with E-state index in [1.165, 1.54) is 23.3 Å². The summed E-state index contributed by atoms with van der Waals surface area (Å²) in [4.78, 5) is 14.1. The zero-order valence-electron chi connectivity index (χ0n) is 14.0. The van der Waals surface area contributed by atoms with Gasteiger partial charge in [-0.15, -0.1) is 11.3 Å². The number of phenols is 1. The quantitative estimate of drug-likeness (QED) is 0.769. The second-order valence-electron chi connectivity index (χ2n) is 6.84. The number of anilines is 1. The molecule has 2 aromatic rings. The fraction of sp³-hybridized carbons (Fsp3) is 0.421. The Kier molecular flexibility index (Phi) is 3.76. The Balaban J connectivity index is 1.70. The zero-order chi connectivity index (χ0) is 16.8. The Morgan fingerprint density at radius 3 is 2.96 bits per heavy atom. The second kappa shape index (κ2) is 5.81. The van der Waals surface area contributed by atoms with E-state index in [0.717, 1.165) is 34.9 Å². The average molecular weight is 342 g/mol.